The first-order valence-electron chi connectivity index (χ1n) is 13.0. The van der Waals surface area contributed by atoms with E-state index in [0.717, 1.165) is 25.7 Å². The van der Waals surface area contributed by atoms with Crippen LogP contribution in [-0.2, 0) is 0 Å². The maximum atomic E-state index is 12.4. The zero-order valence-electron chi connectivity index (χ0n) is 21.0. The number of unbranched alkanes of at least 4 members (excludes halogenated alkanes) is 7. The normalized spacial score (nSPS) is 12.2. The third-order valence-corrected chi connectivity index (χ3v) is 5.95. The van der Waals surface area contributed by atoms with Crippen molar-refractivity contribution in [3.05, 3.63) is 35.9 Å². The topological polar surface area (TPSA) is 63.3 Å². The van der Waals surface area contributed by atoms with Crippen molar-refractivity contribution in [3.8, 4) is 0 Å². The Morgan fingerprint density at radius 3 is 1.71 bits per heavy atom. The predicted molar refractivity (Wildman–Crippen MR) is 136 cm³/mol. The molecule has 180 valence electrons. The Hall–Kier alpha value is -1.19. The van der Waals surface area contributed by atoms with Gasteiger partial charge in [-0.25, -0.2) is 0 Å². The van der Waals surface area contributed by atoms with Crippen molar-refractivity contribution >= 4 is 5.78 Å². The zero-order chi connectivity index (χ0) is 23.4. The number of ketones is 1. The Morgan fingerprint density at radius 1 is 0.774 bits per heavy atom. The highest BCUT2D eigenvalue weighted by molar-refractivity contribution is 6.02. The van der Waals surface area contributed by atoms with Gasteiger partial charge in [0.25, 0.3) is 0 Å². The molecule has 0 bridgehead atoms. The number of aliphatic hydroxyl groups is 1. The summed E-state index contributed by atoms with van der Waals surface area (Å²) in [6.07, 6.45) is 16.8. The van der Waals surface area contributed by atoms with Gasteiger partial charge in [-0.3, -0.25) is 4.79 Å². The lowest BCUT2D eigenvalue weighted by Gasteiger charge is -2.26. The van der Waals surface area contributed by atoms with E-state index in [2.05, 4.69) is 27.7 Å². The monoisotopic (exact) mass is 433 g/mol. The molecule has 0 amide bonds. The number of nitrogens with two attached hydrogens (primary N) is 1. The highest BCUT2D eigenvalue weighted by Gasteiger charge is 2.34. The number of carbonyl (C=O) groups excluding carboxylic acids is 1. The minimum atomic E-state index is -1.17. The van der Waals surface area contributed by atoms with Gasteiger partial charge in [0.2, 0.25) is 0 Å². The Bertz CT molecular complexity index is 521. The molecule has 1 unspecified atom stereocenters. The van der Waals surface area contributed by atoms with Crippen molar-refractivity contribution in [2.24, 2.45) is 5.73 Å². The van der Waals surface area contributed by atoms with Gasteiger partial charge in [0, 0.05) is 11.6 Å². The fourth-order valence-corrected chi connectivity index (χ4v) is 3.78. The van der Waals surface area contributed by atoms with Crippen LogP contribution >= 0.6 is 0 Å². The zero-order valence-corrected chi connectivity index (χ0v) is 21.0. The van der Waals surface area contributed by atoms with Crippen molar-refractivity contribution in [2.75, 3.05) is 0 Å². The number of hydrogen-bond acceptors (Lipinski definition) is 3. The maximum Gasteiger partial charge on any atom is 0.194 e. The van der Waals surface area contributed by atoms with Crippen LogP contribution in [0.25, 0.3) is 0 Å². The standard InChI is InChI=1S/C16H24O2.C12H27N/c1-3-5-12-16(18,13-6-4-2)15(17)14-10-8-7-9-11-14;1-3-5-7-9-11-12(13)10-8-6-4-2/h7-11,18H,3-6,12-13H2,1-2H3;12H,3-11,13H2,1-2H3. The summed E-state index contributed by atoms with van der Waals surface area (Å²) in [7, 11) is 0. The molecular weight excluding hydrogens is 382 g/mol. The van der Waals surface area contributed by atoms with Gasteiger partial charge in [-0.2, -0.15) is 0 Å². The molecule has 0 spiro atoms. The van der Waals surface area contributed by atoms with Gasteiger partial charge in [0.05, 0.1) is 0 Å². The number of rotatable bonds is 17. The molecule has 3 N–H and O–H groups in total. The minimum Gasteiger partial charge on any atom is -0.382 e. The fourth-order valence-electron chi connectivity index (χ4n) is 3.78. The van der Waals surface area contributed by atoms with Crippen LogP contribution in [0.4, 0.5) is 0 Å². The minimum absolute atomic E-state index is 0.120. The molecule has 1 aromatic rings. The van der Waals surface area contributed by atoms with Crippen LogP contribution in [0.1, 0.15) is 134 Å². The number of Topliss-reactive ketones (excluding diaryl/α,β-unsaturated/α-hetero) is 1. The van der Waals surface area contributed by atoms with E-state index in [-0.39, 0.29) is 5.78 Å². The third-order valence-electron chi connectivity index (χ3n) is 5.95. The molecule has 31 heavy (non-hydrogen) atoms. The van der Waals surface area contributed by atoms with Crippen LogP contribution in [0, 0.1) is 0 Å². The number of hydrogen-bond donors (Lipinski definition) is 2. The van der Waals surface area contributed by atoms with Crippen molar-refractivity contribution in [1.29, 1.82) is 0 Å². The van der Waals surface area contributed by atoms with E-state index in [1.54, 1.807) is 12.1 Å². The van der Waals surface area contributed by atoms with Crippen molar-refractivity contribution < 1.29 is 9.90 Å². The highest BCUT2D eigenvalue weighted by atomic mass is 16.3. The maximum absolute atomic E-state index is 12.4. The summed E-state index contributed by atoms with van der Waals surface area (Å²) in [5.41, 5.74) is 5.44. The van der Waals surface area contributed by atoms with E-state index in [1.807, 2.05) is 18.2 Å². The van der Waals surface area contributed by atoms with Crippen LogP contribution in [0.5, 0.6) is 0 Å². The summed E-state index contributed by atoms with van der Waals surface area (Å²) < 4.78 is 0. The molecule has 0 heterocycles. The lowest BCUT2D eigenvalue weighted by molar-refractivity contribution is 0.0202. The molecule has 0 saturated heterocycles. The average Bonchev–Trinajstić information content (AvgIpc) is 2.80. The summed E-state index contributed by atoms with van der Waals surface area (Å²) in [5.74, 6) is -0.120. The highest BCUT2D eigenvalue weighted by Crippen LogP contribution is 2.26. The largest absolute Gasteiger partial charge is 0.382 e. The Labute approximate surface area is 193 Å². The van der Waals surface area contributed by atoms with Gasteiger partial charge >= 0.3 is 0 Å². The summed E-state index contributed by atoms with van der Waals surface area (Å²) in [6, 6.07) is 9.61. The predicted octanol–water partition coefficient (Wildman–Crippen LogP) is 7.85. The lowest BCUT2D eigenvalue weighted by atomic mass is 9.84. The number of benzene rings is 1. The van der Waals surface area contributed by atoms with E-state index >= 15 is 0 Å². The Balaban J connectivity index is 0.000000615. The molecular formula is C28H51NO2. The van der Waals surface area contributed by atoms with E-state index in [1.165, 1.54) is 57.8 Å². The molecule has 0 aliphatic rings. The fraction of sp³-hybridized carbons (Fsp3) is 0.750. The van der Waals surface area contributed by atoms with Gasteiger partial charge in [-0.05, 0) is 25.7 Å². The second-order valence-corrected chi connectivity index (χ2v) is 9.04. The molecule has 0 aliphatic heterocycles. The summed E-state index contributed by atoms with van der Waals surface area (Å²) in [4.78, 5) is 12.4. The van der Waals surface area contributed by atoms with Gasteiger partial charge in [0.1, 0.15) is 5.60 Å². The molecule has 1 atom stereocenters. The first kappa shape index (κ1) is 29.8. The molecule has 0 fully saturated rings. The lowest BCUT2D eigenvalue weighted by Crippen LogP contribution is -2.38. The first-order valence-corrected chi connectivity index (χ1v) is 13.0. The van der Waals surface area contributed by atoms with Crippen LogP contribution in [-0.4, -0.2) is 22.5 Å². The molecule has 0 radical (unpaired) electrons. The van der Waals surface area contributed by atoms with Gasteiger partial charge < -0.3 is 10.8 Å². The Morgan fingerprint density at radius 2 is 1.23 bits per heavy atom. The molecule has 0 aliphatic carbocycles. The van der Waals surface area contributed by atoms with E-state index in [9.17, 15) is 9.90 Å². The van der Waals surface area contributed by atoms with Crippen LogP contribution in [0.2, 0.25) is 0 Å². The summed E-state index contributed by atoms with van der Waals surface area (Å²) in [6.45, 7) is 8.65. The van der Waals surface area contributed by atoms with Gasteiger partial charge in [-0.1, -0.05) is 129 Å². The summed E-state index contributed by atoms with van der Waals surface area (Å²) in [5, 5.41) is 10.6. The quantitative estimate of drug-likeness (QED) is 0.194. The SMILES string of the molecule is CCCCC(O)(CCCC)C(=O)c1ccccc1.CCCCCCC(N)CCCCC. The smallest absolute Gasteiger partial charge is 0.194 e. The van der Waals surface area contributed by atoms with Crippen molar-refractivity contribution in [2.45, 2.75) is 136 Å². The van der Waals surface area contributed by atoms with Gasteiger partial charge in [0.15, 0.2) is 5.78 Å². The second-order valence-electron chi connectivity index (χ2n) is 9.04. The molecule has 3 nitrogen and oxygen atoms in total. The van der Waals surface area contributed by atoms with E-state index in [0.29, 0.717) is 24.4 Å². The van der Waals surface area contributed by atoms with Crippen LogP contribution < -0.4 is 5.73 Å². The van der Waals surface area contributed by atoms with E-state index < -0.39 is 5.60 Å². The molecule has 3 heteroatoms. The van der Waals surface area contributed by atoms with Gasteiger partial charge in [-0.15, -0.1) is 0 Å². The molecule has 0 aromatic heterocycles. The average molecular weight is 434 g/mol. The van der Waals surface area contributed by atoms with Crippen molar-refractivity contribution in [1.82, 2.24) is 0 Å². The number of carbonyl (C=O) groups is 1. The van der Waals surface area contributed by atoms with Crippen LogP contribution in [0.3, 0.4) is 0 Å². The summed E-state index contributed by atoms with van der Waals surface area (Å²) >= 11 is 0. The Kier molecular flexibility index (Phi) is 18.7. The van der Waals surface area contributed by atoms with Crippen molar-refractivity contribution in [3.63, 3.8) is 0 Å². The molecule has 1 rings (SSSR count). The first-order chi connectivity index (χ1) is 14.9. The third kappa shape index (κ3) is 14.5. The second kappa shape index (κ2) is 19.5. The van der Waals surface area contributed by atoms with E-state index in [4.69, 9.17) is 5.73 Å². The van der Waals surface area contributed by atoms with Crippen LogP contribution in [0.15, 0.2) is 30.3 Å². The molecule has 1 aromatic carbocycles. The molecule has 0 saturated carbocycles.